The maximum atomic E-state index is 12.9. The summed E-state index contributed by atoms with van der Waals surface area (Å²) in [6.07, 6.45) is 0. The van der Waals surface area contributed by atoms with Gasteiger partial charge in [0.2, 0.25) is 0 Å². The number of Topliss-reactive ketones (excluding diaryl/α,β-unsaturated/α-hetero) is 1. The highest BCUT2D eigenvalue weighted by Gasteiger charge is 2.23. The van der Waals surface area contributed by atoms with E-state index >= 15 is 0 Å². The number of halogens is 1. The van der Waals surface area contributed by atoms with Gasteiger partial charge in [-0.1, -0.05) is 58.0 Å². The van der Waals surface area contributed by atoms with Gasteiger partial charge in [-0.3, -0.25) is 4.79 Å². The predicted octanol–water partition coefficient (Wildman–Crippen LogP) is 5.90. The summed E-state index contributed by atoms with van der Waals surface area (Å²) in [5.74, 6) is 0.00367. The van der Waals surface area contributed by atoms with E-state index in [2.05, 4.69) is 43.5 Å². The van der Waals surface area contributed by atoms with Crippen molar-refractivity contribution in [3.63, 3.8) is 0 Å². The minimum atomic E-state index is -0.0872. The van der Waals surface area contributed by atoms with Crippen LogP contribution in [0.3, 0.4) is 0 Å². The Bertz CT molecular complexity index is 1530. The van der Waals surface area contributed by atoms with Crippen LogP contribution in [0.15, 0.2) is 70.2 Å². The number of allylic oxidation sites excluding steroid dienone is 1. The number of carbonyl (C=O) groups excluding carboxylic acids is 1. The first-order chi connectivity index (χ1) is 16.9. The Kier molecular flexibility index (Phi) is 7.31. The van der Waals surface area contributed by atoms with E-state index in [1.807, 2.05) is 62.4 Å². The molecule has 0 atom stereocenters. The van der Waals surface area contributed by atoms with E-state index in [1.165, 1.54) is 11.8 Å². The van der Waals surface area contributed by atoms with E-state index < -0.39 is 0 Å². The molecule has 0 saturated heterocycles. The molecule has 0 bridgehead atoms. The van der Waals surface area contributed by atoms with Crippen LogP contribution in [0.2, 0.25) is 0 Å². The van der Waals surface area contributed by atoms with Crippen molar-refractivity contribution in [2.24, 2.45) is 0 Å². The third-order valence-electron chi connectivity index (χ3n) is 5.13. The predicted molar refractivity (Wildman–Crippen MR) is 141 cm³/mol. The Hall–Kier alpha value is -3.92. The Morgan fingerprint density at radius 3 is 2.49 bits per heavy atom. The molecule has 0 radical (unpaired) electrons. The molecule has 0 unspecified atom stereocenters. The molecule has 0 amide bonds. The van der Waals surface area contributed by atoms with E-state index in [0.717, 1.165) is 21.5 Å². The number of thioether (sulfide) groups is 1. The number of nitrogens with one attached hydrogen (secondary N) is 1. The van der Waals surface area contributed by atoms with Crippen molar-refractivity contribution in [3.05, 3.63) is 98.4 Å². The number of ketones is 1. The van der Waals surface area contributed by atoms with Crippen LogP contribution >= 0.6 is 27.7 Å². The molecule has 2 aromatic carbocycles. The fraction of sp³-hybridized carbons (Fsp3) is 0.115. The summed E-state index contributed by atoms with van der Waals surface area (Å²) >= 11 is 4.57. The number of nitriles is 2. The van der Waals surface area contributed by atoms with Gasteiger partial charge in [0.05, 0.1) is 10.8 Å². The number of para-hydroxylation sites is 1. The van der Waals surface area contributed by atoms with Crippen molar-refractivity contribution in [2.45, 2.75) is 13.8 Å². The molecule has 0 aliphatic rings. The molecule has 4 rings (SSSR count). The van der Waals surface area contributed by atoms with Crippen LogP contribution in [0.5, 0.6) is 0 Å². The molecule has 0 spiro atoms. The minimum Gasteiger partial charge on any atom is -0.349 e. The summed E-state index contributed by atoms with van der Waals surface area (Å²) in [5.41, 5.74) is 3.84. The third kappa shape index (κ3) is 5.27. The Balaban J connectivity index is 1.80. The highest BCUT2D eigenvalue weighted by atomic mass is 79.9. The fourth-order valence-electron chi connectivity index (χ4n) is 3.49. The number of benzene rings is 2. The van der Waals surface area contributed by atoms with Gasteiger partial charge in [-0.25, -0.2) is 9.50 Å². The van der Waals surface area contributed by atoms with Crippen LogP contribution in [-0.4, -0.2) is 26.1 Å². The molecule has 0 aliphatic carbocycles. The highest BCUT2D eigenvalue weighted by molar-refractivity contribution is 9.10. The van der Waals surface area contributed by atoms with Crippen molar-refractivity contribution in [1.82, 2.24) is 14.6 Å². The van der Waals surface area contributed by atoms with Gasteiger partial charge in [-0.05, 0) is 44.2 Å². The molecule has 7 nitrogen and oxygen atoms in total. The maximum Gasteiger partial charge on any atom is 0.174 e. The Morgan fingerprint density at radius 2 is 1.83 bits per heavy atom. The van der Waals surface area contributed by atoms with E-state index in [0.29, 0.717) is 16.2 Å². The number of fused-ring (bicyclic) bond motifs is 1. The molecular formula is C26H19BrN6OS. The van der Waals surface area contributed by atoms with E-state index in [9.17, 15) is 15.3 Å². The standard InChI is InChI=1S/C26H19BrN6OS/c1-16-12-17(2)33-25(30-16)21(13-28)24(32-33)22(14-29)26(31-20-6-4-3-5-7-20)35-15-23(34)18-8-10-19(27)11-9-18/h3-12,31H,15H2,1-2H3/b26-22+. The molecule has 0 saturated carbocycles. The zero-order chi connectivity index (χ0) is 24.9. The lowest BCUT2D eigenvalue weighted by Gasteiger charge is -2.12. The van der Waals surface area contributed by atoms with Gasteiger partial charge in [0.25, 0.3) is 0 Å². The van der Waals surface area contributed by atoms with Crippen molar-refractivity contribution in [1.29, 1.82) is 10.5 Å². The molecular weight excluding hydrogens is 524 g/mol. The molecule has 4 aromatic rings. The van der Waals surface area contributed by atoms with Crippen molar-refractivity contribution < 1.29 is 4.79 Å². The lowest BCUT2D eigenvalue weighted by molar-refractivity contribution is 0.102. The average Bonchev–Trinajstić information content (AvgIpc) is 3.22. The minimum absolute atomic E-state index is 0.0872. The van der Waals surface area contributed by atoms with Gasteiger partial charge in [-0.2, -0.15) is 15.6 Å². The summed E-state index contributed by atoms with van der Waals surface area (Å²) in [5, 5.41) is 28.3. The van der Waals surface area contributed by atoms with Crippen molar-refractivity contribution in [2.75, 3.05) is 11.1 Å². The smallest absolute Gasteiger partial charge is 0.174 e. The van der Waals surface area contributed by atoms with E-state index in [4.69, 9.17) is 0 Å². The number of rotatable bonds is 7. The van der Waals surface area contributed by atoms with Crippen molar-refractivity contribution in [3.8, 4) is 12.1 Å². The van der Waals surface area contributed by atoms with Crippen LogP contribution < -0.4 is 5.32 Å². The zero-order valence-corrected chi connectivity index (χ0v) is 21.3. The van der Waals surface area contributed by atoms with E-state index in [1.54, 1.807) is 16.6 Å². The third-order valence-corrected chi connectivity index (χ3v) is 6.66. The lowest BCUT2D eigenvalue weighted by atomic mass is 10.1. The maximum absolute atomic E-state index is 12.9. The van der Waals surface area contributed by atoms with E-state index in [-0.39, 0.29) is 28.4 Å². The molecule has 35 heavy (non-hydrogen) atoms. The normalized spacial score (nSPS) is 11.5. The second kappa shape index (κ2) is 10.6. The van der Waals surface area contributed by atoms with Gasteiger partial charge in [0, 0.05) is 27.1 Å². The van der Waals surface area contributed by atoms with Crippen LogP contribution in [0.25, 0.3) is 11.2 Å². The topological polar surface area (TPSA) is 107 Å². The lowest BCUT2D eigenvalue weighted by Crippen LogP contribution is -2.07. The first-order valence-corrected chi connectivity index (χ1v) is 12.3. The van der Waals surface area contributed by atoms with Gasteiger partial charge < -0.3 is 5.32 Å². The van der Waals surface area contributed by atoms with Gasteiger partial charge >= 0.3 is 0 Å². The number of carbonyl (C=O) groups is 1. The van der Waals surface area contributed by atoms with Gasteiger partial charge in [0.15, 0.2) is 11.4 Å². The first-order valence-electron chi connectivity index (χ1n) is 10.6. The van der Waals surface area contributed by atoms with Crippen molar-refractivity contribution >= 4 is 50.4 Å². The second-order valence-electron chi connectivity index (χ2n) is 7.64. The summed E-state index contributed by atoms with van der Waals surface area (Å²) in [6, 6.07) is 22.7. The molecule has 0 fully saturated rings. The highest BCUT2D eigenvalue weighted by Crippen LogP contribution is 2.31. The molecule has 172 valence electrons. The summed E-state index contributed by atoms with van der Waals surface area (Å²) in [4.78, 5) is 17.3. The second-order valence-corrected chi connectivity index (χ2v) is 9.54. The van der Waals surface area contributed by atoms with Crippen LogP contribution in [0.1, 0.15) is 33.0 Å². The largest absolute Gasteiger partial charge is 0.349 e. The molecule has 2 heterocycles. The first kappa shape index (κ1) is 24.2. The average molecular weight is 543 g/mol. The SMILES string of the molecule is Cc1cc(C)n2nc(/C(C#N)=C(\Nc3ccccc3)SCC(=O)c3ccc(Br)cc3)c(C#N)c2n1. The number of anilines is 1. The summed E-state index contributed by atoms with van der Waals surface area (Å²) < 4.78 is 2.45. The zero-order valence-electron chi connectivity index (χ0n) is 18.9. The van der Waals surface area contributed by atoms with Gasteiger partial charge in [-0.15, -0.1) is 0 Å². The fourth-order valence-corrected chi connectivity index (χ4v) is 4.67. The number of aryl methyl sites for hydroxylation is 2. The Labute approximate surface area is 215 Å². The summed E-state index contributed by atoms with van der Waals surface area (Å²) in [7, 11) is 0. The number of hydrogen-bond donors (Lipinski definition) is 1. The molecule has 1 N–H and O–H groups in total. The molecule has 2 aromatic heterocycles. The van der Waals surface area contributed by atoms with Gasteiger partial charge in [0.1, 0.15) is 29.0 Å². The van der Waals surface area contributed by atoms with Crippen LogP contribution in [-0.2, 0) is 0 Å². The molecule has 0 aliphatic heterocycles. The van der Waals surface area contributed by atoms with Crippen LogP contribution in [0, 0.1) is 36.5 Å². The number of aromatic nitrogens is 3. The molecule has 9 heteroatoms. The number of nitrogens with zero attached hydrogens (tertiary/aromatic N) is 5. The number of hydrogen-bond acceptors (Lipinski definition) is 7. The monoisotopic (exact) mass is 542 g/mol. The van der Waals surface area contributed by atoms with Crippen LogP contribution in [0.4, 0.5) is 5.69 Å². The quantitative estimate of drug-likeness (QED) is 0.228. The summed E-state index contributed by atoms with van der Waals surface area (Å²) in [6.45, 7) is 3.71. The Morgan fingerprint density at radius 1 is 1.11 bits per heavy atom.